The van der Waals surface area contributed by atoms with Crippen LogP contribution in [0.4, 0.5) is 0 Å². The molecule has 1 aromatic heterocycles. The van der Waals surface area contributed by atoms with Gasteiger partial charge in [0.05, 0.1) is 7.11 Å². The number of ether oxygens (including phenoxy) is 1. The van der Waals surface area contributed by atoms with Crippen LogP contribution in [0, 0.1) is 0 Å². The molecule has 0 saturated carbocycles. The van der Waals surface area contributed by atoms with Crippen molar-refractivity contribution in [3.05, 3.63) is 65.0 Å². The van der Waals surface area contributed by atoms with Crippen LogP contribution in [0.15, 0.2) is 48.3 Å². The average Bonchev–Trinajstić information content (AvgIpc) is 2.51. The number of aryl methyl sites for hydroxylation is 1. The predicted octanol–water partition coefficient (Wildman–Crippen LogP) is 4.05. The second kappa shape index (κ2) is 5.49. The fourth-order valence-corrected chi connectivity index (χ4v) is 2.90. The fraction of sp³-hybridized carbons (Fsp3) is 0.278. The largest absolute Gasteiger partial charge is 0.497 e. The number of nitrogens with zero attached hydrogens (tertiary/aromatic N) is 1. The Balaban J connectivity index is 1.92. The molecule has 1 aliphatic carbocycles. The van der Waals surface area contributed by atoms with Gasteiger partial charge in [-0.2, -0.15) is 0 Å². The molecule has 2 aromatic rings. The SMILES string of the molecule is COc1ccc2c(c1)CCC(Cc1cccnc1)=C2C. The van der Waals surface area contributed by atoms with Gasteiger partial charge in [0.2, 0.25) is 0 Å². The van der Waals surface area contributed by atoms with E-state index in [0.717, 1.165) is 25.0 Å². The van der Waals surface area contributed by atoms with Crippen LogP contribution in [0.25, 0.3) is 5.57 Å². The van der Waals surface area contributed by atoms with Crippen LogP contribution < -0.4 is 4.74 Å². The summed E-state index contributed by atoms with van der Waals surface area (Å²) in [5, 5.41) is 0. The molecule has 3 rings (SSSR count). The zero-order valence-electron chi connectivity index (χ0n) is 12.0. The molecule has 102 valence electrons. The molecule has 0 radical (unpaired) electrons. The van der Waals surface area contributed by atoms with E-state index in [4.69, 9.17) is 4.74 Å². The number of allylic oxidation sites excluding steroid dienone is 2. The molecule has 0 spiro atoms. The zero-order valence-corrected chi connectivity index (χ0v) is 12.0. The van der Waals surface area contributed by atoms with Crippen LogP contribution in [0.3, 0.4) is 0 Å². The molecule has 20 heavy (non-hydrogen) atoms. The molecule has 0 amide bonds. The lowest BCUT2D eigenvalue weighted by Gasteiger charge is -2.22. The van der Waals surface area contributed by atoms with E-state index in [1.807, 2.05) is 18.5 Å². The first kappa shape index (κ1) is 12.9. The standard InChI is InChI=1S/C18H19NO/c1-13-15(10-14-4-3-9-19-12-14)5-6-16-11-17(20-2)7-8-18(13)16/h3-4,7-9,11-12H,5-6,10H2,1-2H3. The van der Waals surface area contributed by atoms with Gasteiger partial charge in [-0.1, -0.05) is 17.7 Å². The molecule has 2 nitrogen and oxygen atoms in total. The summed E-state index contributed by atoms with van der Waals surface area (Å²) in [7, 11) is 1.72. The number of hydrogen-bond donors (Lipinski definition) is 0. The quantitative estimate of drug-likeness (QED) is 0.835. The third kappa shape index (κ3) is 2.46. The van der Waals surface area contributed by atoms with Crippen molar-refractivity contribution in [2.45, 2.75) is 26.2 Å². The van der Waals surface area contributed by atoms with Gasteiger partial charge in [-0.05, 0) is 66.6 Å². The summed E-state index contributed by atoms with van der Waals surface area (Å²) in [5.74, 6) is 0.951. The summed E-state index contributed by atoms with van der Waals surface area (Å²) in [5.41, 5.74) is 7.00. The Bertz CT molecular complexity index is 644. The predicted molar refractivity (Wildman–Crippen MR) is 81.9 cm³/mol. The molecule has 0 aliphatic heterocycles. The van der Waals surface area contributed by atoms with Gasteiger partial charge < -0.3 is 4.74 Å². The van der Waals surface area contributed by atoms with Crippen LogP contribution in [-0.2, 0) is 12.8 Å². The summed E-state index contributed by atoms with van der Waals surface area (Å²) < 4.78 is 5.31. The number of methoxy groups -OCH3 is 1. The van der Waals surface area contributed by atoms with Gasteiger partial charge in [0, 0.05) is 12.4 Å². The van der Waals surface area contributed by atoms with Gasteiger partial charge in [-0.3, -0.25) is 4.98 Å². The van der Waals surface area contributed by atoms with E-state index < -0.39 is 0 Å². The Morgan fingerprint density at radius 2 is 2.10 bits per heavy atom. The highest BCUT2D eigenvalue weighted by atomic mass is 16.5. The van der Waals surface area contributed by atoms with E-state index in [-0.39, 0.29) is 0 Å². The maximum Gasteiger partial charge on any atom is 0.119 e. The summed E-state index contributed by atoms with van der Waals surface area (Å²) in [6, 6.07) is 10.6. The first-order chi connectivity index (χ1) is 9.78. The first-order valence-electron chi connectivity index (χ1n) is 7.03. The van der Waals surface area contributed by atoms with Crippen LogP contribution in [-0.4, -0.2) is 12.1 Å². The van der Waals surface area contributed by atoms with Gasteiger partial charge in [0.1, 0.15) is 5.75 Å². The van der Waals surface area contributed by atoms with E-state index in [1.54, 1.807) is 7.11 Å². The van der Waals surface area contributed by atoms with Gasteiger partial charge in [0.15, 0.2) is 0 Å². The molecule has 0 unspecified atom stereocenters. The first-order valence-corrected chi connectivity index (χ1v) is 7.03. The highest BCUT2D eigenvalue weighted by Gasteiger charge is 2.16. The van der Waals surface area contributed by atoms with E-state index in [2.05, 4.69) is 36.2 Å². The van der Waals surface area contributed by atoms with Crippen molar-refractivity contribution in [2.24, 2.45) is 0 Å². The third-order valence-electron chi connectivity index (χ3n) is 4.08. The number of pyridine rings is 1. The van der Waals surface area contributed by atoms with Crippen molar-refractivity contribution < 1.29 is 4.74 Å². The smallest absolute Gasteiger partial charge is 0.119 e. The van der Waals surface area contributed by atoms with Gasteiger partial charge in [0.25, 0.3) is 0 Å². The number of hydrogen-bond acceptors (Lipinski definition) is 2. The minimum atomic E-state index is 0.951. The van der Waals surface area contributed by atoms with Crippen molar-refractivity contribution in [1.29, 1.82) is 0 Å². The molecular weight excluding hydrogens is 246 g/mol. The van der Waals surface area contributed by atoms with Crippen LogP contribution in [0.1, 0.15) is 30.0 Å². The maximum absolute atomic E-state index is 5.31. The van der Waals surface area contributed by atoms with Crippen LogP contribution >= 0.6 is 0 Å². The Labute approximate surface area is 120 Å². The zero-order chi connectivity index (χ0) is 13.9. The molecule has 0 N–H and O–H groups in total. The third-order valence-corrected chi connectivity index (χ3v) is 4.08. The Morgan fingerprint density at radius 3 is 2.85 bits per heavy atom. The molecule has 1 aliphatic rings. The van der Waals surface area contributed by atoms with Gasteiger partial charge in [-0.25, -0.2) is 0 Å². The van der Waals surface area contributed by atoms with Crippen molar-refractivity contribution in [1.82, 2.24) is 4.98 Å². The normalized spacial score (nSPS) is 14.1. The second-order valence-corrected chi connectivity index (χ2v) is 5.29. The van der Waals surface area contributed by atoms with E-state index in [1.165, 1.54) is 27.8 Å². The highest BCUT2D eigenvalue weighted by Crippen LogP contribution is 2.34. The molecule has 0 atom stereocenters. The van der Waals surface area contributed by atoms with Gasteiger partial charge >= 0.3 is 0 Å². The summed E-state index contributed by atoms with van der Waals surface area (Å²) in [4.78, 5) is 4.20. The summed E-state index contributed by atoms with van der Waals surface area (Å²) in [6.07, 6.45) is 7.02. The number of rotatable bonds is 3. The highest BCUT2D eigenvalue weighted by molar-refractivity contribution is 5.72. The number of aromatic nitrogens is 1. The lowest BCUT2D eigenvalue weighted by molar-refractivity contribution is 0.414. The fourth-order valence-electron chi connectivity index (χ4n) is 2.90. The number of benzene rings is 1. The minimum absolute atomic E-state index is 0.951. The summed E-state index contributed by atoms with van der Waals surface area (Å²) >= 11 is 0. The van der Waals surface area contributed by atoms with Crippen molar-refractivity contribution in [3.63, 3.8) is 0 Å². The average molecular weight is 265 g/mol. The molecule has 1 heterocycles. The summed E-state index contributed by atoms with van der Waals surface area (Å²) in [6.45, 7) is 2.23. The maximum atomic E-state index is 5.31. The lowest BCUT2D eigenvalue weighted by atomic mass is 9.84. The Hall–Kier alpha value is -2.09. The minimum Gasteiger partial charge on any atom is -0.497 e. The Kier molecular flexibility index (Phi) is 3.55. The molecule has 2 heteroatoms. The van der Waals surface area contributed by atoms with Gasteiger partial charge in [-0.15, -0.1) is 0 Å². The van der Waals surface area contributed by atoms with Crippen molar-refractivity contribution in [3.8, 4) is 5.75 Å². The van der Waals surface area contributed by atoms with E-state index in [9.17, 15) is 0 Å². The monoisotopic (exact) mass is 265 g/mol. The second-order valence-electron chi connectivity index (χ2n) is 5.29. The van der Waals surface area contributed by atoms with Crippen molar-refractivity contribution in [2.75, 3.05) is 7.11 Å². The van der Waals surface area contributed by atoms with Crippen LogP contribution in [0.2, 0.25) is 0 Å². The molecular formula is C18H19NO. The topological polar surface area (TPSA) is 22.1 Å². The van der Waals surface area contributed by atoms with Crippen molar-refractivity contribution >= 4 is 5.57 Å². The number of fused-ring (bicyclic) bond motifs is 1. The molecule has 1 aromatic carbocycles. The van der Waals surface area contributed by atoms with E-state index in [0.29, 0.717) is 0 Å². The lowest BCUT2D eigenvalue weighted by Crippen LogP contribution is -2.06. The Morgan fingerprint density at radius 1 is 1.20 bits per heavy atom. The molecule has 0 saturated heterocycles. The molecule has 0 fully saturated rings. The van der Waals surface area contributed by atoms with E-state index >= 15 is 0 Å². The van der Waals surface area contributed by atoms with Crippen LogP contribution in [0.5, 0.6) is 5.75 Å². The molecule has 0 bridgehead atoms.